The smallest absolute Gasteiger partial charge is 0.227 e. The molecule has 3 rings (SSSR count). The zero-order valence-corrected chi connectivity index (χ0v) is 19.1. The van der Waals surface area contributed by atoms with E-state index in [0.717, 1.165) is 25.1 Å². The molecule has 1 atom stereocenters. The summed E-state index contributed by atoms with van der Waals surface area (Å²) in [5, 5.41) is 10.7. The number of carbonyl (C=O) groups excluding carboxylic acids is 2. The molecular weight excluding hydrogens is 475 g/mol. The molecule has 1 aliphatic rings. The van der Waals surface area contributed by atoms with E-state index >= 15 is 0 Å². The molecule has 162 valence electrons. The van der Waals surface area contributed by atoms with E-state index in [-0.39, 0.29) is 16.2 Å². The van der Waals surface area contributed by atoms with Gasteiger partial charge >= 0.3 is 88.4 Å². The summed E-state index contributed by atoms with van der Waals surface area (Å²) in [5.74, 6) is 0.530. The molecule has 1 heterocycles. The number of carbonyl (C=O) groups is 2. The molecular formula is C20H24AsClN2O6. The maximum absolute atomic E-state index is 11.7. The van der Waals surface area contributed by atoms with Gasteiger partial charge in [-0.2, -0.15) is 0 Å². The number of nitrogens with zero attached hydrogens (tertiary/aromatic N) is 1. The fourth-order valence-electron chi connectivity index (χ4n) is 2.97. The molecule has 1 aliphatic heterocycles. The Labute approximate surface area is 182 Å². The predicted molar refractivity (Wildman–Crippen MR) is 115 cm³/mol. The molecule has 0 aliphatic carbocycles. The first-order chi connectivity index (χ1) is 14.3. The van der Waals surface area contributed by atoms with Crippen LogP contribution in [0, 0.1) is 0 Å². The molecule has 0 radical (unpaired) electrons. The molecule has 8 nitrogen and oxygen atoms in total. The number of para-hydroxylation sites is 1. The number of alkyl halides is 1. The van der Waals surface area contributed by atoms with Gasteiger partial charge in [0.1, 0.15) is 0 Å². The Morgan fingerprint density at radius 1 is 1.23 bits per heavy atom. The van der Waals surface area contributed by atoms with Crippen LogP contribution >= 0.6 is 11.6 Å². The van der Waals surface area contributed by atoms with Gasteiger partial charge in [0, 0.05) is 24.5 Å². The Hall–Kier alpha value is -2.09. The van der Waals surface area contributed by atoms with Crippen LogP contribution in [0.5, 0.6) is 0 Å². The Kier molecular flexibility index (Phi) is 9.14. The molecule has 0 spiro atoms. The average molecular weight is 499 g/mol. The number of aryl methyl sites for hydroxylation is 1. The van der Waals surface area contributed by atoms with Crippen molar-refractivity contribution in [2.45, 2.75) is 26.2 Å². The van der Waals surface area contributed by atoms with Gasteiger partial charge in [0.25, 0.3) is 0 Å². The van der Waals surface area contributed by atoms with Crippen LogP contribution in [-0.4, -0.2) is 47.8 Å². The largest absolute Gasteiger partial charge is 0.312 e. The minimum atomic E-state index is -4.83. The third kappa shape index (κ3) is 6.72. The maximum atomic E-state index is 11.7. The van der Waals surface area contributed by atoms with Gasteiger partial charge in [-0.25, -0.2) is 0 Å². The Balaban J connectivity index is 0.000000214. The summed E-state index contributed by atoms with van der Waals surface area (Å²) >= 11 is 0.832. The fourth-order valence-corrected chi connectivity index (χ4v) is 4.50. The van der Waals surface area contributed by atoms with Gasteiger partial charge in [0.15, 0.2) is 0 Å². The quantitative estimate of drug-likeness (QED) is 0.244. The van der Waals surface area contributed by atoms with E-state index in [1.165, 1.54) is 30.7 Å². The van der Waals surface area contributed by atoms with E-state index < -0.39 is 14.2 Å². The molecule has 3 N–H and O–H groups in total. The van der Waals surface area contributed by atoms with Gasteiger partial charge in [-0.3, -0.25) is 4.79 Å². The molecule has 1 unspecified atom stereocenters. The van der Waals surface area contributed by atoms with Crippen molar-refractivity contribution < 1.29 is 26.6 Å². The van der Waals surface area contributed by atoms with Crippen molar-refractivity contribution in [2.75, 3.05) is 22.6 Å². The number of halogens is 1. The molecule has 2 amide bonds. The number of amides is 2. The summed E-state index contributed by atoms with van der Waals surface area (Å²) in [6, 6.07) is 13.7. The monoisotopic (exact) mass is 498 g/mol. The first-order valence-corrected chi connectivity index (χ1v) is 13.1. The van der Waals surface area contributed by atoms with Gasteiger partial charge in [-0.1, -0.05) is 18.2 Å². The van der Waals surface area contributed by atoms with Crippen LogP contribution < -0.4 is 14.6 Å². The van der Waals surface area contributed by atoms with Crippen molar-refractivity contribution in [3.05, 3.63) is 54.1 Å². The van der Waals surface area contributed by atoms with E-state index in [4.69, 9.17) is 16.9 Å². The van der Waals surface area contributed by atoms with Gasteiger partial charge in [0.05, 0.1) is 0 Å². The van der Waals surface area contributed by atoms with Crippen LogP contribution in [0.15, 0.2) is 48.5 Å². The first-order valence-electron chi connectivity index (χ1n) is 9.27. The summed E-state index contributed by atoms with van der Waals surface area (Å²) in [4.78, 5) is 24.3. The number of nitrogens with one attached hydrogen (secondary N) is 1. The van der Waals surface area contributed by atoms with E-state index in [2.05, 4.69) is 15.3 Å². The number of rotatable bonds is 6. The van der Waals surface area contributed by atoms with Crippen LogP contribution in [0.2, 0.25) is 0 Å². The number of hydrogen-bond acceptors (Lipinski definition) is 5. The maximum Gasteiger partial charge on any atom is 0.227 e. The minimum Gasteiger partial charge on any atom is -0.312 e. The third-order valence-corrected chi connectivity index (χ3v) is 6.99. The number of anilines is 2. The Morgan fingerprint density at radius 3 is 2.63 bits per heavy atom. The molecule has 0 saturated carbocycles. The van der Waals surface area contributed by atoms with Crippen molar-refractivity contribution in [3.63, 3.8) is 0 Å². The average Bonchev–Trinajstić information content (AvgIpc) is 2.73. The van der Waals surface area contributed by atoms with E-state index in [1.807, 2.05) is 23.1 Å². The van der Waals surface area contributed by atoms with E-state index in [9.17, 15) is 17.4 Å². The van der Waals surface area contributed by atoms with Crippen LogP contribution in [0.3, 0.4) is 0 Å². The number of benzene rings is 2. The van der Waals surface area contributed by atoms with Crippen molar-refractivity contribution in [1.29, 1.82) is 0 Å². The summed E-state index contributed by atoms with van der Waals surface area (Å²) in [6.07, 6.45) is 2.34. The van der Waals surface area contributed by atoms with Gasteiger partial charge in [0.2, 0.25) is 5.91 Å². The Bertz CT molecular complexity index is 939. The zero-order chi connectivity index (χ0) is 22.1. The molecule has 0 fully saturated rings. The summed E-state index contributed by atoms with van der Waals surface area (Å²) in [6.45, 7) is 2.05. The second-order valence-electron chi connectivity index (χ2n) is 6.55. The van der Waals surface area contributed by atoms with E-state index in [0.29, 0.717) is 18.0 Å². The zero-order valence-electron chi connectivity index (χ0n) is 16.5. The number of hydrogen-bond donors (Lipinski definition) is 3. The van der Waals surface area contributed by atoms with Crippen molar-refractivity contribution in [3.8, 4) is 0 Å². The van der Waals surface area contributed by atoms with Crippen molar-refractivity contribution in [2.24, 2.45) is 0 Å². The third-order valence-electron chi connectivity index (χ3n) is 4.31. The summed E-state index contributed by atoms with van der Waals surface area (Å²) < 4.78 is 23.9. The fraction of sp³-hybridized carbons (Fsp3) is 0.300. The normalized spacial score (nSPS) is 14.8. The minimum absolute atomic E-state index is 0.0399. The molecule has 10 heteroatoms. The van der Waals surface area contributed by atoms with Crippen LogP contribution in [-0.2, 0) is 23.6 Å². The van der Waals surface area contributed by atoms with Crippen molar-refractivity contribution >= 4 is 53.3 Å². The van der Waals surface area contributed by atoms with E-state index in [1.54, 1.807) is 6.07 Å². The second kappa shape index (κ2) is 11.3. The number of fused-ring (bicyclic) bond motifs is 1. The van der Waals surface area contributed by atoms with Gasteiger partial charge < -0.3 is 4.90 Å². The summed E-state index contributed by atoms with van der Waals surface area (Å²) in [7, 11) is 0. The van der Waals surface area contributed by atoms with Crippen LogP contribution in [0.4, 0.5) is 11.4 Å². The van der Waals surface area contributed by atoms with Crippen LogP contribution in [0.25, 0.3) is 0 Å². The van der Waals surface area contributed by atoms with Gasteiger partial charge in [-0.15, -0.1) is 11.6 Å². The topological polar surface area (TPSA) is 116 Å². The molecule has 30 heavy (non-hydrogen) atoms. The SMILES string of the molecule is CC(=O)Nc1cccc([As](=O)(O)OO)c1.O=C1CCc2ccccc2N1CCCCl. The van der Waals surface area contributed by atoms with Crippen LogP contribution in [0.1, 0.15) is 25.3 Å². The van der Waals surface area contributed by atoms with Crippen molar-refractivity contribution in [1.82, 2.24) is 0 Å². The molecule has 2 aromatic carbocycles. The molecule has 0 aromatic heterocycles. The summed E-state index contributed by atoms with van der Waals surface area (Å²) in [5.41, 5.74) is 2.71. The first kappa shape index (κ1) is 24.2. The standard InChI is InChI=1S/C12H14ClNO.C8H10AsNO5/c13-8-3-9-14-11-5-2-1-4-10(11)6-7-12(14)15;1-6(11)10-8-4-2-3-7(5-8)9(12,13)15-14/h1-2,4-5H,3,6-9H2;2-5,14H,1H3,(H,10,11)(H,12,13). The molecule has 0 saturated heterocycles. The Morgan fingerprint density at radius 2 is 1.97 bits per heavy atom. The second-order valence-corrected chi connectivity index (χ2v) is 10.5. The molecule has 2 aromatic rings. The predicted octanol–water partition coefficient (Wildman–Crippen LogP) is 2.30. The molecule has 0 bridgehead atoms. The van der Waals surface area contributed by atoms with Gasteiger partial charge in [-0.05, 0) is 24.5 Å².